The molecule has 0 amide bonds. The number of hydrogen-bond donors (Lipinski definition) is 0. The summed E-state index contributed by atoms with van der Waals surface area (Å²) in [5, 5.41) is 5.27. The number of rotatable bonds is 2. The van der Waals surface area contributed by atoms with E-state index in [2.05, 4.69) is 132 Å². The molecular formula is C36H23NOS. The van der Waals surface area contributed by atoms with Gasteiger partial charge in [0.15, 0.2) is 0 Å². The number of benzene rings is 5. The van der Waals surface area contributed by atoms with Gasteiger partial charge in [0, 0.05) is 54.9 Å². The topological polar surface area (TPSA) is 18.1 Å². The van der Waals surface area contributed by atoms with Crippen LogP contribution in [0.3, 0.4) is 0 Å². The van der Waals surface area contributed by atoms with Crippen molar-refractivity contribution in [2.24, 2.45) is 0 Å². The zero-order valence-corrected chi connectivity index (χ0v) is 21.9. The first-order valence-electron chi connectivity index (χ1n) is 13.4. The quantitative estimate of drug-likeness (QED) is 0.227. The van der Waals surface area contributed by atoms with Gasteiger partial charge in [-0.1, -0.05) is 91.0 Å². The second-order valence-electron chi connectivity index (χ2n) is 10.4. The van der Waals surface area contributed by atoms with E-state index in [1.165, 1.54) is 48.8 Å². The van der Waals surface area contributed by atoms with Crippen molar-refractivity contribution in [3.8, 4) is 5.69 Å². The zero-order chi connectivity index (χ0) is 25.5. The van der Waals surface area contributed by atoms with Crippen molar-refractivity contribution in [3.63, 3.8) is 0 Å². The number of fused-ring (bicyclic) bond motifs is 9. The maximum atomic E-state index is 6.75. The minimum atomic E-state index is 0.336. The molecule has 0 N–H and O–H groups in total. The van der Waals surface area contributed by atoms with Crippen molar-refractivity contribution >= 4 is 61.1 Å². The van der Waals surface area contributed by atoms with Crippen molar-refractivity contribution in [2.45, 2.75) is 16.1 Å². The van der Waals surface area contributed by atoms with E-state index in [0.717, 1.165) is 22.2 Å². The Morgan fingerprint density at radius 2 is 1.41 bits per heavy atom. The highest BCUT2D eigenvalue weighted by Crippen LogP contribution is 2.54. The first-order valence-corrected chi connectivity index (χ1v) is 14.3. The minimum Gasteiger partial charge on any atom is -0.455 e. The fraction of sp³-hybridized carbons (Fsp3) is 0.0556. The second-order valence-corrected chi connectivity index (χ2v) is 11.7. The summed E-state index contributed by atoms with van der Waals surface area (Å²) >= 11 is 1.97. The van der Waals surface area contributed by atoms with Crippen LogP contribution in [0.1, 0.15) is 17.0 Å². The third-order valence-corrected chi connectivity index (χ3v) is 9.72. The lowest BCUT2D eigenvalue weighted by Crippen LogP contribution is -2.12. The summed E-state index contributed by atoms with van der Waals surface area (Å²) in [7, 11) is 0. The molecule has 3 heterocycles. The Hall–Kier alpha value is -4.47. The molecule has 0 saturated heterocycles. The van der Waals surface area contributed by atoms with Crippen LogP contribution in [0.2, 0.25) is 0 Å². The minimum absolute atomic E-state index is 0.336. The Labute approximate surface area is 229 Å². The number of furan rings is 1. The van der Waals surface area contributed by atoms with Crippen LogP contribution >= 0.6 is 11.8 Å². The monoisotopic (exact) mass is 517 g/mol. The normalized spacial score (nSPS) is 18.2. The molecule has 184 valence electrons. The van der Waals surface area contributed by atoms with Gasteiger partial charge in [-0.15, -0.1) is 11.8 Å². The van der Waals surface area contributed by atoms with E-state index >= 15 is 0 Å². The van der Waals surface area contributed by atoms with Crippen LogP contribution in [0.4, 0.5) is 0 Å². The Balaban J connectivity index is 1.25. The molecule has 7 aromatic rings. The van der Waals surface area contributed by atoms with Gasteiger partial charge in [-0.3, -0.25) is 0 Å². The van der Waals surface area contributed by atoms with E-state index in [1.54, 1.807) is 0 Å². The van der Waals surface area contributed by atoms with Crippen LogP contribution in [0.5, 0.6) is 0 Å². The highest BCUT2D eigenvalue weighted by atomic mass is 32.2. The van der Waals surface area contributed by atoms with Crippen molar-refractivity contribution in [2.75, 3.05) is 0 Å². The SMILES string of the molecule is C1=CC2Sc3ccccc3C2C(c2cccc3c2oc2cc(-n4c5ccccc5c5ccccc54)ccc23)=C1. The molecule has 2 aromatic heterocycles. The Morgan fingerprint density at radius 1 is 0.667 bits per heavy atom. The second kappa shape index (κ2) is 8.02. The molecule has 1 aliphatic heterocycles. The van der Waals surface area contributed by atoms with Gasteiger partial charge in [-0.05, 0) is 41.5 Å². The molecular weight excluding hydrogens is 494 g/mol. The van der Waals surface area contributed by atoms with Gasteiger partial charge in [-0.25, -0.2) is 0 Å². The molecule has 3 heteroatoms. The molecule has 2 unspecified atom stereocenters. The molecule has 2 nitrogen and oxygen atoms in total. The molecule has 2 aliphatic rings. The maximum absolute atomic E-state index is 6.75. The van der Waals surface area contributed by atoms with Gasteiger partial charge < -0.3 is 8.98 Å². The lowest BCUT2D eigenvalue weighted by Gasteiger charge is -2.23. The van der Waals surface area contributed by atoms with E-state index < -0.39 is 0 Å². The lowest BCUT2D eigenvalue weighted by atomic mass is 9.81. The van der Waals surface area contributed by atoms with Gasteiger partial charge in [-0.2, -0.15) is 0 Å². The molecule has 39 heavy (non-hydrogen) atoms. The molecule has 0 radical (unpaired) electrons. The standard InChI is InChI=1S/C36H23NOS/c1-4-15-30-23(9-1)24-10-2-5-16-31(24)37(30)22-19-20-25-27-13-7-14-28(36(27)38-32(25)21-22)26-12-8-18-34-35(26)29-11-3-6-17-33(29)39-34/h1-21,34-35H. The summed E-state index contributed by atoms with van der Waals surface area (Å²) in [6.45, 7) is 0. The van der Waals surface area contributed by atoms with Crippen molar-refractivity contribution < 1.29 is 4.42 Å². The number of hydrogen-bond acceptors (Lipinski definition) is 2. The summed E-state index contributed by atoms with van der Waals surface area (Å²) in [5.41, 5.74) is 9.37. The summed E-state index contributed by atoms with van der Waals surface area (Å²) in [6.07, 6.45) is 6.85. The van der Waals surface area contributed by atoms with Crippen LogP contribution in [-0.2, 0) is 0 Å². The van der Waals surface area contributed by atoms with Gasteiger partial charge in [0.1, 0.15) is 11.2 Å². The highest BCUT2D eigenvalue weighted by molar-refractivity contribution is 8.00. The Kier molecular flexibility index (Phi) is 4.41. The molecule has 0 fully saturated rings. The summed E-state index contributed by atoms with van der Waals surface area (Å²) in [4.78, 5) is 1.39. The van der Waals surface area contributed by atoms with E-state index in [0.29, 0.717) is 11.2 Å². The maximum Gasteiger partial charge on any atom is 0.142 e. The molecule has 2 atom stereocenters. The number of allylic oxidation sites excluding steroid dienone is 3. The van der Waals surface area contributed by atoms with Crippen molar-refractivity contribution in [1.82, 2.24) is 4.57 Å². The first-order chi connectivity index (χ1) is 19.3. The third-order valence-electron chi connectivity index (χ3n) is 8.39. The molecule has 9 rings (SSSR count). The number of nitrogens with zero attached hydrogens (tertiary/aromatic N) is 1. The van der Waals surface area contributed by atoms with E-state index in [-0.39, 0.29) is 0 Å². The van der Waals surface area contributed by atoms with E-state index in [9.17, 15) is 0 Å². The lowest BCUT2D eigenvalue weighted by molar-refractivity contribution is 0.666. The number of aromatic nitrogens is 1. The fourth-order valence-corrected chi connectivity index (χ4v) is 8.10. The molecule has 0 spiro atoms. The highest BCUT2D eigenvalue weighted by Gasteiger charge is 2.36. The van der Waals surface area contributed by atoms with Crippen LogP contribution < -0.4 is 0 Å². The summed E-state index contributed by atoms with van der Waals surface area (Å²) in [5.74, 6) is 0.336. The summed E-state index contributed by atoms with van der Waals surface area (Å²) in [6, 6.07) is 39.4. The molecule has 5 aromatic carbocycles. The van der Waals surface area contributed by atoms with E-state index in [4.69, 9.17) is 4.42 Å². The molecule has 0 bridgehead atoms. The average molecular weight is 518 g/mol. The summed E-state index contributed by atoms with van der Waals surface area (Å²) < 4.78 is 9.10. The average Bonchev–Trinajstić information content (AvgIpc) is 3.66. The number of thioether (sulfide) groups is 1. The van der Waals surface area contributed by atoms with Crippen LogP contribution in [-0.4, -0.2) is 9.82 Å². The van der Waals surface area contributed by atoms with Gasteiger partial charge in [0.25, 0.3) is 0 Å². The molecule has 0 saturated carbocycles. The zero-order valence-electron chi connectivity index (χ0n) is 21.0. The van der Waals surface area contributed by atoms with Gasteiger partial charge >= 0.3 is 0 Å². The Morgan fingerprint density at radius 3 is 2.26 bits per heavy atom. The predicted molar refractivity (Wildman–Crippen MR) is 164 cm³/mol. The predicted octanol–water partition coefficient (Wildman–Crippen LogP) is 9.89. The number of para-hydroxylation sites is 3. The van der Waals surface area contributed by atoms with Crippen LogP contribution in [0.15, 0.2) is 137 Å². The first kappa shape index (κ1) is 21.5. The van der Waals surface area contributed by atoms with Gasteiger partial charge in [0.05, 0.1) is 11.0 Å². The fourth-order valence-electron chi connectivity index (χ4n) is 6.72. The molecule has 1 aliphatic carbocycles. The largest absolute Gasteiger partial charge is 0.455 e. The van der Waals surface area contributed by atoms with Crippen molar-refractivity contribution in [1.29, 1.82) is 0 Å². The van der Waals surface area contributed by atoms with E-state index in [1.807, 2.05) is 11.8 Å². The van der Waals surface area contributed by atoms with Crippen molar-refractivity contribution in [3.05, 3.63) is 139 Å². The van der Waals surface area contributed by atoms with Gasteiger partial charge in [0.2, 0.25) is 0 Å². The van der Waals surface area contributed by atoms with Crippen LogP contribution in [0, 0.1) is 0 Å². The van der Waals surface area contributed by atoms with Crippen LogP contribution in [0.25, 0.3) is 55.0 Å². The smallest absolute Gasteiger partial charge is 0.142 e. The Bertz CT molecular complexity index is 2120. The third kappa shape index (κ3) is 2.99.